The van der Waals surface area contributed by atoms with Gasteiger partial charge in [-0.1, -0.05) is 0 Å². The fourth-order valence-corrected chi connectivity index (χ4v) is 2.38. The molecule has 0 aliphatic carbocycles. The molecule has 0 radical (unpaired) electrons. The van der Waals surface area contributed by atoms with Gasteiger partial charge in [-0.3, -0.25) is 15.0 Å². The molecule has 0 atom stereocenters. The zero-order valence-electron chi connectivity index (χ0n) is 11.5. The minimum absolute atomic E-state index is 0.0184. The van der Waals surface area contributed by atoms with Crippen molar-refractivity contribution in [3.63, 3.8) is 0 Å². The monoisotopic (exact) mass is 281 g/mol. The number of anilines is 1. The number of piperazine rings is 1. The van der Waals surface area contributed by atoms with E-state index in [0.29, 0.717) is 6.54 Å². The first-order valence-electron chi connectivity index (χ1n) is 6.56. The van der Waals surface area contributed by atoms with Crippen molar-refractivity contribution in [2.75, 3.05) is 51.3 Å². The van der Waals surface area contributed by atoms with Crippen molar-refractivity contribution in [3.05, 3.63) is 28.3 Å². The first-order chi connectivity index (χ1) is 9.65. The fourth-order valence-electron chi connectivity index (χ4n) is 2.38. The van der Waals surface area contributed by atoms with Crippen LogP contribution >= 0.6 is 0 Å². The van der Waals surface area contributed by atoms with Gasteiger partial charge in [-0.15, -0.1) is 0 Å². The Balaban J connectivity index is 2.08. The molecule has 1 N–H and O–H groups in total. The van der Waals surface area contributed by atoms with E-state index in [4.69, 9.17) is 9.84 Å². The molecular weight excluding hydrogens is 262 g/mol. The van der Waals surface area contributed by atoms with E-state index in [9.17, 15) is 10.1 Å². The van der Waals surface area contributed by atoms with Gasteiger partial charge in [0, 0.05) is 50.5 Å². The molecule has 0 unspecified atom stereocenters. The van der Waals surface area contributed by atoms with Crippen molar-refractivity contribution in [2.24, 2.45) is 0 Å². The summed E-state index contributed by atoms with van der Waals surface area (Å²) in [4.78, 5) is 14.8. The second kappa shape index (κ2) is 6.53. The summed E-state index contributed by atoms with van der Waals surface area (Å²) in [7, 11) is 1.44. The Hall–Kier alpha value is -1.86. The third-order valence-corrected chi connectivity index (χ3v) is 3.51. The van der Waals surface area contributed by atoms with Crippen LogP contribution in [-0.4, -0.2) is 61.4 Å². The van der Waals surface area contributed by atoms with Gasteiger partial charge in [-0.05, 0) is 6.07 Å². The van der Waals surface area contributed by atoms with E-state index >= 15 is 0 Å². The maximum Gasteiger partial charge on any atom is 0.311 e. The lowest BCUT2D eigenvalue weighted by Gasteiger charge is -2.35. The Bertz CT molecular complexity index is 473. The van der Waals surface area contributed by atoms with E-state index in [1.54, 1.807) is 12.1 Å². The molecule has 1 aliphatic rings. The third-order valence-electron chi connectivity index (χ3n) is 3.51. The first-order valence-corrected chi connectivity index (χ1v) is 6.56. The van der Waals surface area contributed by atoms with Crippen LogP contribution in [0.5, 0.6) is 5.75 Å². The van der Waals surface area contributed by atoms with Gasteiger partial charge in [0.15, 0.2) is 5.75 Å². The lowest BCUT2D eigenvalue weighted by molar-refractivity contribution is -0.385. The predicted octanol–water partition coefficient (Wildman–Crippen LogP) is 0.718. The van der Waals surface area contributed by atoms with Gasteiger partial charge < -0.3 is 14.7 Å². The molecule has 0 amide bonds. The smallest absolute Gasteiger partial charge is 0.311 e. The van der Waals surface area contributed by atoms with Crippen LogP contribution in [0.15, 0.2) is 18.2 Å². The molecule has 0 spiro atoms. The summed E-state index contributed by atoms with van der Waals surface area (Å²) in [5.41, 5.74) is 0.909. The van der Waals surface area contributed by atoms with E-state index < -0.39 is 4.92 Å². The van der Waals surface area contributed by atoms with Gasteiger partial charge in [-0.2, -0.15) is 0 Å². The van der Waals surface area contributed by atoms with E-state index in [2.05, 4.69) is 9.80 Å². The van der Waals surface area contributed by atoms with Crippen LogP contribution in [-0.2, 0) is 0 Å². The Labute approximate surface area is 117 Å². The van der Waals surface area contributed by atoms with Crippen molar-refractivity contribution < 1.29 is 14.8 Å². The number of β-amino-alcohol motifs (C(OH)–C–C–N with tert-alkyl or cyclic N) is 1. The predicted molar refractivity (Wildman–Crippen MR) is 75.4 cm³/mol. The van der Waals surface area contributed by atoms with Gasteiger partial charge >= 0.3 is 5.69 Å². The van der Waals surface area contributed by atoms with Gasteiger partial charge in [0.05, 0.1) is 18.6 Å². The molecule has 1 fully saturated rings. The summed E-state index contributed by atoms with van der Waals surface area (Å²) in [6, 6.07) is 4.94. The minimum atomic E-state index is -0.443. The van der Waals surface area contributed by atoms with E-state index in [1.807, 2.05) is 0 Å². The highest BCUT2D eigenvalue weighted by molar-refractivity contribution is 5.59. The molecule has 1 aromatic rings. The summed E-state index contributed by atoms with van der Waals surface area (Å²) < 4.78 is 5.09. The van der Waals surface area contributed by atoms with E-state index in [1.165, 1.54) is 13.2 Å². The Morgan fingerprint density at radius 3 is 2.60 bits per heavy atom. The quantitative estimate of drug-likeness (QED) is 0.633. The molecule has 7 nitrogen and oxygen atoms in total. The molecule has 1 heterocycles. The summed E-state index contributed by atoms with van der Waals surface area (Å²) >= 11 is 0. The molecule has 1 aromatic carbocycles. The number of nitrogens with zero attached hydrogens (tertiary/aromatic N) is 3. The highest BCUT2D eigenvalue weighted by Crippen LogP contribution is 2.31. The number of nitro groups is 1. The summed E-state index contributed by atoms with van der Waals surface area (Å²) in [6.07, 6.45) is 0. The average molecular weight is 281 g/mol. The number of ether oxygens (including phenoxy) is 1. The third kappa shape index (κ3) is 3.17. The number of hydrogen-bond acceptors (Lipinski definition) is 6. The van der Waals surface area contributed by atoms with Crippen molar-refractivity contribution in [3.8, 4) is 5.75 Å². The molecule has 1 aliphatic heterocycles. The normalized spacial score (nSPS) is 16.2. The molecule has 7 heteroatoms. The zero-order chi connectivity index (χ0) is 14.5. The topological polar surface area (TPSA) is 79.1 Å². The number of aliphatic hydroxyl groups excluding tert-OH is 1. The summed E-state index contributed by atoms with van der Waals surface area (Å²) in [6.45, 7) is 4.28. The highest BCUT2D eigenvalue weighted by Gasteiger charge is 2.20. The van der Waals surface area contributed by atoms with Gasteiger partial charge in [-0.25, -0.2) is 0 Å². The van der Waals surface area contributed by atoms with Crippen LogP contribution in [0.25, 0.3) is 0 Å². The molecule has 2 rings (SSSR count). The van der Waals surface area contributed by atoms with Crippen molar-refractivity contribution in [2.45, 2.75) is 0 Å². The fraction of sp³-hybridized carbons (Fsp3) is 0.538. The number of aliphatic hydroxyl groups is 1. The molecule has 0 bridgehead atoms. The van der Waals surface area contributed by atoms with Crippen LogP contribution in [0.2, 0.25) is 0 Å². The highest BCUT2D eigenvalue weighted by atomic mass is 16.6. The van der Waals surface area contributed by atoms with Gasteiger partial charge in [0.1, 0.15) is 0 Å². The van der Waals surface area contributed by atoms with Gasteiger partial charge in [0.2, 0.25) is 0 Å². The lowest BCUT2D eigenvalue weighted by atomic mass is 10.2. The molecule has 0 saturated carbocycles. The second-order valence-electron chi connectivity index (χ2n) is 4.67. The Kier molecular flexibility index (Phi) is 4.75. The molecule has 110 valence electrons. The van der Waals surface area contributed by atoms with Gasteiger partial charge in [0.25, 0.3) is 0 Å². The SMILES string of the molecule is COc1cc(N2CCN(CCO)CC2)ccc1[N+](=O)[O-]. The largest absolute Gasteiger partial charge is 0.490 e. The Morgan fingerprint density at radius 2 is 2.05 bits per heavy atom. The standard InChI is InChI=1S/C13H19N3O4/c1-20-13-10-11(2-3-12(13)16(18)19)15-6-4-14(5-7-15)8-9-17/h2-3,10,17H,4-9H2,1H3. The van der Waals surface area contributed by atoms with Crippen LogP contribution < -0.4 is 9.64 Å². The molecule has 1 saturated heterocycles. The summed E-state index contributed by atoms with van der Waals surface area (Å²) in [5.74, 6) is 0.283. The molecule has 20 heavy (non-hydrogen) atoms. The molecular formula is C13H19N3O4. The van der Waals surface area contributed by atoms with Crippen molar-refractivity contribution >= 4 is 11.4 Å². The first kappa shape index (κ1) is 14.5. The summed E-state index contributed by atoms with van der Waals surface area (Å²) in [5, 5.41) is 19.8. The van der Waals surface area contributed by atoms with E-state index in [0.717, 1.165) is 31.9 Å². The van der Waals surface area contributed by atoms with Crippen LogP contribution in [0.3, 0.4) is 0 Å². The molecule has 0 aromatic heterocycles. The van der Waals surface area contributed by atoms with E-state index in [-0.39, 0.29) is 18.0 Å². The number of hydrogen-bond donors (Lipinski definition) is 1. The minimum Gasteiger partial charge on any atom is -0.490 e. The van der Waals surface area contributed by atoms with Crippen molar-refractivity contribution in [1.82, 2.24) is 4.90 Å². The zero-order valence-corrected chi connectivity index (χ0v) is 11.5. The number of rotatable bonds is 5. The average Bonchev–Trinajstić information content (AvgIpc) is 2.47. The van der Waals surface area contributed by atoms with Crippen LogP contribution in [0.1, 0.15) is 0 Å². The number of benzene rings is 1. The Morgan fingerprint density at radius 1 is 1.35 bits per heavy atom. The lowest BCUT2D eigenvalue weighted by Crippen LogP contribution is -2.47. The second-order valence-corrected chi connectivity index (χ2v) is 4.67. The maximum atomic E-state index is 10.9. The van der Waals surface area contributed by atoms with Crippen LogP contribution in [0.4, 0.5) is 11.4 Å². The van der Waals surface area contributed by atoms with Crippen molar-refractivity contribution in [1.29, 1.82) is 0 Å². The number of methoxy groups -OCH3 is 1. The van der Waals surface area contributed by atoms with Crippen LogP contribution in [0, 0.1) is 10.1 Å². The maximum absolute atomic E-state index is 10.9. The number of nitro benzene ring substituents is 1.